The molecule has 0 saturated carbocycles. The van der Waals surface area contributed by atoms with E-state index in [1.807, 2.05) is 25.1 Å². The molecule has 0 bridgehead atoms. The highest BCUT2D eigenvalue weighted by Crippen LogP contribution is 2.27. The van der Waals surface area contributed by atoms with Crippen molar-refractivity contribution in [2.45, 2.75) is 6.92 Å². The zero-order chi connectivity index (χ0) is 20.1. The molecule has 1 heterocycles. The zero-order valence-corrected chi connectivity index (χ0v) is 16.4. The molecule has 7 heteroatoms. The zero-order valence-electron chi connectivity index (χ0n) is 14.8. The van der Waals surface area contributed by atoms with Crippen LogP contribution in [0.2, 0.25) is 5.02 Å². The van der Waals surface area contributed by atoms with Gasteiger partial charge in [0.1, 0.15) is 17.3 Å². The summed E-state index contributed by atoms with van der Waals surface area (Å²) in [5, 5.41) is 5.72. The van der Waals surface area contributed by atoms with Crippen LogP contribution in [0.25, 0.3) is 17.4 Å². The van der Waals surface area contributed by atoms with E-state index in [9.17, 15) is 9.18 Å². The molecule has 0 fully saturated rings. The van der Waals surface area contributed by atoms with Gasteiger partial charge in [-0.15, -0.1) is 0 Å². The molecule has 1 amide bonds. The summed E-state index contributed by atoms with van der Waals surface area (Å²) in [4.78, 5) is 12.0. The highest BCUT2D eigenvalue weighted by molar-refractivity contribution is 7.80. The van der Waals surface area contributed by atoms with E-state index in [4.69, 9.17) is 28.2 Å². The van der Waals surface area contributed by atoms with Crippen molar-refractivity contribution in [2.24, 2.45) is 0 Å². The van der Waals surface area contributed by atoms with Crippen LogP contribution in [0.4, 0.5) is 10.1 Å². The summed E-state index contributed by atoms with van der Waals surface area (Å²) in [6.45, 7) is 1.92. The molecule has 2 aromatic carbocycles. The van der Waals surface area contributed by atoms with Crippen LogP contribution < -0.4 is 10.6 Å². The largest absolute Gasteiger partial charge is 0.457 e. The molecule has 0 unspecified atom stereocenters. The van der Waals surface area contributed by atoms with Gasteiger partial charge < -0.3 is 9.73 Å². The number of hydrogen-bond donors (Lipinski definition) is 2. The molecule has 3 aromatic rings. The number of anilines is 1. The van der Waals surface area contributed by atoms with Gasteiger partial charge in [0, 0.05) is 16.7 Å². The van der Waals surface area contributed by atoms with Gasteiger partial charge in [0.25, 0.3) is 0 Å². The molecule has 0 saturated heterocycles. The predicted octanol–water partition coefficient (Wildman–Crippen LogP) is 5.57. The highest BCUT2D eigenvalue weighted by Gasteiger charge is 2.07. The normalized spacial score (nSPS) is 10.8. The number of amides is 1. The SMILES string of the molecule is Cc1ccc(-c2ccc(/C=C/C(=O)NC(=S)Nc3ccccc3F)o2)cc1Cl. The fourth-order valence-electron chi connectivity index (χ4n) is 2.37. The fraction of sp³-hybridized carbons (Fsp3) is 0.0476. The van der Waals surface area contributed by atoms with Gasteiger partial charge in [-0.05, 0) is 61.1 Å². The van der Waals surface area contributed by atoms with Crippen molar-refractivity contribution in [3.8, 4) is 11.3 Å². The van der Waals surface area contributed by atoms with E-state index in [0.29, 0.717) is 16.5 Å². The number of halogens is 2. The number of para-hydroxylation sites is 1. The monoisotopic (exact) mass is 414 g/mol. The molecular formula is C21H16ClFN2O2S. The number of benzene rings is 2. The van der Waals surface area contributed by atoms with E-state index in [2.05, 4.69) is 10.6 Å². The van der Waals surface area contributed by atoms with Gasteiger partial charge in [0.15, 0.2) is 5.11 Å². The lowest BCUT2D eigenvalue weighted by Crippen LogP contribution is -2.33. The van der Waals surface area contributed by atoms with Crippen LogP contribution in [0.5, 0.6) is 0 Å². The number of nitrogens with one attached hydrogen (secondary N) is 2. The van der Waals surface area contributed by atoms with E-state index in [1.54, 1.807) is 24.3 Å². The Balaban J connectivity index is 1.60. The van der Waals surface area contributed by atoms with Gasteiger partial charge in [-0.3, -0.25) is 10.1 Å². The average molecular weight is 415 g/mol. The van der Waals surface area contributed by atoms with Gasteiger partial charge in [0.05, 0.1) is 5.69 Å². The maximum atomic E-state index is 13.6. The van der Waals surface area contributed by atoms with Crippen LogP contribution in [0.15, 0.2) is 65.1 Å². The van der Waals surface area contributed by atoms with Crippen LogP contribution >= 0.6 is 23.8 Å². The summed E-state index contributed by atoms with van der Waals surface area (Å²) in [6.07, 6.45) is 2.79. The molecule has 0 aliphatic carbocycles. The van der Waals surface area contributed by atoms with E-state index in [1.165, 1.54) is 24.3 Å². The van der Waals surface area contributed by atoms with E-state index in [0.717, 1.165) is 11.1 Å². The van der Waals surface area contributed by atoms with Gasteiger partial charge in [-0.1, -0.05) is 35.9 Å². The molecule has 2 N–H and O–H groups in total. The van der Waals surface area contributed by atoms with Crippen molar-refractivity contribution in [3.63, 3.8) is 0 Å². The maximum Gasteiger partial charge on any atom is 0.250 e. The minimum atomic E-state index is -0.467. The Morgan fingerprint density at radius 3 is 2.71 bits per heavy atom. The summed E-state index contributed by atoms with van der Waals surface area (Å²) in [7, 11) is 0. The van der Waals surface area contributed by atoms with Gasteiger partial charge in [-0.25, -0.2) is 4.39 Å². The molecule has 4 nitrogen and oxygen atoms in total. The van der Waals surface area contributed by atoms with Crippen LogP contribution in [0.3, 0.4) is 0 Å². The molecule has 0 atom stereocenters. The number of carbonyl (C=O) groups is 1. The van der Waals surface area contributed by atoms with Crippen LogP contribution in [-0.2, 0) is 4.79 Å². The number of thiocarbonyl (C=S) groups is 1. The third-order valence-electron chi connectivity index (χ3n) is 3.84. The molecule has 142 valence electrons. The number of furan rings is 1. The second-order valence-electron chi connectivity index (χ2n) is 5.92. The van der Waals surface area contributed by atoms with E-state index >= 15 is 0 Å². The first-order valence-corrected chi connectivity index (χ1v) is 9.12. The van der Waals surface area contributed by atoms with Crippen molar-refractivity contribution in [3.05, 3.63) is 82.8 Å². The highest BCUT2D eigenvalue weighted by atomic mass is 35.5. The lowest BCUT2D eigenvalue weighted by atomic mass is 10.1. The molecule has 0 radical (unpaired) electrons. The first-order valence-electron chi connectivity index (χ1n) is 8.33. The lowest BCUT2D eigenvalue weighted by molar-refractivity contribution is -0.115. The summed E-state index contributed by atoms with van der Waals surface area (Å²) in [5.41, 5.74) is 2.01. The first kappa shape index (κ1) is 19.8. The number of rotatable bonds is 4. The molecule has 0 aliphatic rings. The third kappa shape index (κ3) is 5.06. The number of hydrogen-bond acceptors (Lipinski definition) is 3. The number of carbonyl (C=O) groups excluding carboxylic acids is 1. The Morgan fingerprint density at radius 2 is 1.96 bits per heavy atom. The minimum absolute atomic E-state index is 0.00539. The Labute approximate surface area is 172 Å². The topological polar surface area (TPSA) is 54.3 Å². The predicted molar refractivity (Wildman–Crippen MR) is 114 cm³/mol. The molecule has 3 rings (SSSR count). The maximum absolute atomic E-state index is 13.6. The Morgan fingerprint density at radius 1 is 1.18 bits per heavy atom. The van der Waals surface area contributed by atoms with Gasteiger partial charge in [-0.2, -0.15) is 0 Å². The fourth-order valence-corrected chi connectivity index (χ4v) is 2.76. The quantitative estimate of drug-likeness (QED) is 0.432. The van der Waals surface area contributed by atoms with Crippen molar-refractivity contribution >= 4 is 46.6 Å². The molecular weight excluding hydrogens is 399 g/mol. The lowest BCUT2D eigenvalue weighted by Gasteiger charge is -2.08. The van der Waals surface area contributed by atoms with Gasteiger partial charge in [0.2, 0.25) is 5.91 Å². The average Bonchev–Trinajstić information content (AvgIpc) is 3.13. The van der Waals surface area contributed by atoms with Crippen LogP contribution in [-0.4, -0.2) is 11.0 Å². The molecule has 1 aromatic heterocycles. The van der Waals surface area contributed by atoms with E-state index in [-0.39, 0.29) is 10.8 Å². The second kappa shape index (κ2) is 8.82. The summed E-state index contributed by atoms with van der Waals surface area (Å²) in [5.74, 6) is 0.202. The third-order valence-corrected chi connectivity index (χ3v) is 4.45. The van der Waals surface area contributed by atoms with Crippen molar-refractivity contribution in [2.75, 3.05) is 5.32 Å². The van der Waals surface area contributed by atoms with Crippen molar-refractivity contribution < 1.29 is 13.6 Å². The van der Waals surface area contributed by atoms with Crippen LogP contribution in [0.1, 0.15) is 11.3 Å². The minimum Gasteiger partial charge on any atom is -0.457 e. The van der Waals surface area contributed by atoms with Crippen molar-refractivity contribution in [1.29, 1.82) is 0 Å². The summed E-state index contributed by atoms with van der Waals surface area (Å²) < 4.78 is 19.3. The second-order valence-corrected chi connectivity index (χ2v) is 6.74. The summed E-state index contributed by atoms with van der Waals surface area (Å²) >= 11 is 11.2. The van der Waals surface area contributed by atoms with Crippen LogP contribution in [0, 0.1) is 12.7 Å². The standard InChI is InChI=1S/C21H16ClFN2O2S/c1-13-6-7-14(12-16(13)22)19-10-8-15(27-19)9-11-20(26)25-21(28)24-18-5-3-2-4-17(18)23/h2-12H,1H3,(H2,24,25,26,28)/b11-9+. The summed E-state index contributed by atoms with van der Waals surface area (Å²) in [6, 6.07) is 15.2. The number of aryl methyl sites for hydroxylation is 1. The Bertz CT molecular complexity index is 1060. The molecule has 0 aliphatic heterocycles. The Hall–Kier alpha value is -2.96. The van der Waals surface area contributed by atoms with E-state index < -0.39 is 11.7 Å². The Kier molecular flexibility index (Phi) is 6.23. The molecule has 28 heavy (non-hydrogen) atoms. The van der Waals surface area contributed by atoms with Gasteiger partial charge >= 0.3 is 0 Å². The smallest absolute Gasteiger partial charge is 0.250 e. The molecule has 0 spiro atoms. The first-order chi connectivity index (χ1) is 13.4. The van der Waals surface area contributed by atoms with Crippen molar-refractivity contribution in [1.82, 2.24) is 5.32 Å².